The van der Waals surface area contributed by atoms with Gasteiger partial charge in [0.1, 0.15) is 0 Å². The summed E-state index contributed by atoms with van der Waals surface area (Å²) < 4.78 is 3.38. The second kappa shape index (κ2) is 7.25. The molecule has 2 heterocycles. The Balaban J connectivity index is 1.97. The van der Waals surface area contributed by atoms with Crippen LogP contribution in [-0.2, 0) is 18.4 Å². The van der Waals surface area contributed by atoms with Gasteiger partial charge in [0.15, 0.2) is 5.82 Å². The summed E-state index contributed by atoms with van der Waals surface area (Å²) in [5, 5.41) is 9.07. The summed E-state index contributed by atoms with van der Waals surface area (Å²) in [6, 6.07) is 7.42. The number of aryl methyl sites for hydroxylation is 1. The SMILES string of the molecule is CCN(CC)C(=O)CN(C)Cc1nnc2n(C)c(=O)c3ccccc3n12. The third-order valence-electron chi connectivity index (χ3n) is 4.63. The molecule has 0 saturated heterocycles. The number of hydrogen-bond donors (Lipinski definition) is 0. The molecule has 0 aliphatic carbocycles. The van der Waals surface area contributed by atoms with E-state index in [1.165, 1.54) is 4.57 Å². The number of rotatable bonds is 6. The standard InChI is InChI=1S/C18H24N6O2/c1-5-23(6-2)16(25)12-21(3)11-15-19-20-18-22(4)17(26)13-9-7-8-10-14(13)24(15)18/h7-10H,5-6,11-12H2,1-4H3. The first-order chi connectivity index (χ1) is 12.5. The monoisotopic (exact) mass is 356 g/mol. The highest BCUT2D eigenvalue weighted by Crippen LogP contribution is 2.14. The summed E-state index contributed by atoms with van der Waals surface area (Å²) in [6.07, 6.45) is 0. The second-order valence-electron chi connectivity index (χ2n) is 6.37. The van der Waals surface area contributed by atoms with Crippen molar-refractivity contribution in [2.24, 2.45) is 7.05 Å². The fourth-order valence-electron chi connectivity index (χ4n) is 3.20. The average Bonchev–Trinajstić information content (AvgIpc) is 3.04. The first-order valence-electron chi connectivity index (χ1n) is 8.76. The first kappa shape index (κ1) is 18.1. The van der Waals surface area contributed by atoms with E-state index in [0.717, 1.165) is 5.52 Å². The van der Waals surface area contributed by atoms with Gasteiger partial charge < -0.3 is 4.90 Å². The Labute approximate surface area is 151 Å². The molecule has 2 aromatic heterocycles. The van der Waals surface area contributed by atoms with Crippen LogP contribution in [-0.4, -0.2) is 61.6 Å². The molecular weight excluding hydrogens is 332 g/mol. The molecular formula is C18H24N6O2. The van der Waals surface area contributed by atoms with Gasteiger partial charge in [0.05, 0.1) is 24.0 Å². The van der Waals surface area contributed by atoms with Crippen LogP contribution in [0.1, 0.15) is 19.7 Å². The van der Waals surface area contributed by atoms with E-state index in [0.29, 0.717) is 43.2 Å². The lowest BCUT2D eigenvalue weighted by atomic mass is 10.2. The van der Waals surface area contributed by atoms with Crippen molar-refractivity contribution in [2.75, 3.05) is 26.7 Å². The lowest BCUT2D eigenvalue weighted by Crippen LogP contribution is -2.38. The lowest BCUT2D eigenvalue weighted by molar-refractivity contribution is -0.131. The van der Waals surface area contributed by atoms with Crippen LogP contribution >= 0.6 is 0 Å². The molecule has 138 valence electrons. The van der Waals surface area contributed by atoms with E-state index >= 15 is 0 Å². The molecule has 0 bridgehead atoms. The molecule has 0 N–H and O–H groups in total. The Morgan fingerprint density at radius 2 is 1.85 bits per heavy atom. The fraction of sp³-hybridized carbons (Fsp3) is 0.444. The Morgan fingerprint density at radius 1 is 1.15 bits per heavy atom. The normalized spacial score (nSPS) is 11.6. The molecule has 0 radical (unpaired) electrons. The highest BCUT2D eigenvalue weighted by molar-refractivity contribution is 5.80. The van der Waals surface area contributed by atoms with Gasteiger partial charge in [-0.05, 0) is 33.0 Å². The maximum Gasteiger partial charge on any atom is 0.262 e. The van der Waals surface area contributed by atoms with E-state index in [9.17, 15) is 9.59 Å². The largest absolute Gasteiger partial charge is 0.342 e. The van der Waals surface area contributed by atoms with Gasteiger partial charge in [-0.25, -0.2) is 0 Å². The molecule has 0 spiro atoms. The van der Waals surface area contributed by atoms with E-state index < -0.39 is 0 Å². The Morgan fingerprint density at radius 3 is 2.54 bits per heavy atom. The Kier molecular flexibility index (Phi) is 5.03. The zero-order chi connectivity index (χ0) is 18.8. The number of carbonyl (C=O) groups is 1. The number of para-hydroxylation sites is 1. The van der Waals surface area contributed by atoms with Gasteiger partial charge in [-0.15, -0.1) is 10.2 Å². The molecule has 0 saturated carbocycles. The summed E-state index contributed by atoms with van der Waals surface area (Å²) in [6.45, 7) is 6.10. The quantitative estimate of drug-likeness (QED) is 0.655. The summed E-state index contributed by atoms with van der Waals surface area (Å²) in [5.74, 6) is 1.28. The van der Waals surface area contributed by atoms with Gasteiger partial charge in [-0.2, -0.15) is 0 Å². The van der Waals surface area contributed by atoms with Crippen molar-refractivity contribution in [3.63, 3.8) is 0 Å². The highest BCUT2D eigenvalue weighted by atomic mass is 16.2. The molecule has 1 amide bonds. The number of benzene rings is 1. The molecule has 0 atom stereocenters. The smallest absolute Gasteiger partial charge is 0.262 e. The van der Waals surface area contributed by atoms with E-state index in [1.54, 1.807) is 18.0 Å². The molecule has 8 nitrogen and oxygen atoms in total. The van der Waals surface area contributed by atoms with Gasteiger partial charge in [-0.1, -0.05) is 12.1 Å². The van der Waals surface area contributed by atoms with Gasteiger partial charge in [-0.3, -0.25) is 23.5 Å². The number of carbonyl (C=O) groups excluding carboxylic acids is 1. The van der Waals surface area contributed by atoms with Gasteiger partial charge in [0.25, 0.3) is 5.56 Å². The third kappa shape index (κ3) is 3.08. The molecule has 1 aromatic carbocycles. The van der Waals surface area contributed by atoms with Gasteiger partial charge >= 0.3 is 0 Å². The minimum Gasteiger partial charge on any atom is -0.342 e. The summed E-state index contributed by atoms with van der Waals surface area (Å²) in [4.78, 5) is 28.5. The van der Waals surface area contributed by atoms with Crippen LogP contribution < -0.4 is 5.56 Å². The molecule has 3 rings (SSSR count). The summed E-state index contributed by atoms with van der Waals surface area (Å²) in [7, 11) is 3.57. The first-order valence-corrected chi connectivity index (χ1v) is 8.76. The van der Waals surface area contributed by atoms with E-state index in [1.807, 2.05) is 48.4 Å². The number of fused-ring (bicyclic) bond motifs is 3. The molecule has 0 fully saturated rings. The minimum atomic E-state index is -0.0999. The third-order valence-corrected chi connectivity index (χ3v) is 4.63. The highest BCUT2D eigenvalue weighted by Gasteiger charge is 2.18. The zero-order valence-corrected chi connectivity index (χ0v) is 15.6. The lowest BCUT2D eigenvalue weighted by Gasteiger charge is -2.22. The van der Waals surface area contributed by atoms with Crippen LogP contribution in [0.25, 0.3) is 16.7 Å². The number of nitrogens with zero attached hydrogens (tertiary/aromatic N) is 6. The molecule has 0 unspecified atom stereocenters. The van der Waals surface area contributed by atoms with E-state index in [-0.39, 0.29) is 11.5 Å². The van der Waals surface area contributed by atoms with Crippen molar-refractivity contribution in [2.45, 2.75) is 20.4 Å². The number of likely N-dealkylation sites (N-methyl/N-ethyl adjacent to an activating group) is 2. The number of amides is 1. The fourth-order valence-corrected chi connectivity index (χ4v) is 3.20. The second-order valence-corrected chi connectivity index (χ2v) is 6.37. The van der Waals surface area contributed by atoms with E-state index in [4.69, 9.17) is 0 Å². The summed E-state index contributed by atoms with van der Waals surface area (Å²) >= 11 is 0. The Hall–Kier alpha value is -2.74. The van der Waals surface area contributed by atoms with Gasteiger partial charge in [0, 0.05) is 20.1 Å². The van der Waals surface area contributed by atoms with Crippen molar-refractivity contribution in [3.8, 4) is 0 Å². The zero-order valence-electron chi connectivity index (χ0n) is 15.6. The number of hydrogen-bond acceptors (Lipinski definition) is 5. The maximum absolute atomic E-state index is 12.5. The molecule has 0 aliphatic heterocycles. The van der Waals surface area contributed by atoms with Crippen molar-refractivity contribution < 1.29 is 4.79 Å². The van der Waals surface area contributed by atoms with Crippen LogP contribution in [0.3, 0.4) is 0 Å². The van der Waals surface area contributed by atoms with Crippen LogP contribution in [0, 0.1) is 0 Å². The van der Waals surface area contributed by atoms with Crippen molar-refractivity contribution in [1.29, 1.82) is 0 Å². The molecule has 26 heavy (non-hydrogen) atoms. The van der Waals surface area contributed by atoms with Gasteiger partial charge in [0.2, 0.25) is 11.7 Å². The van der Waals surface area contributed by atoms with Crippen LogP contribution in [0.4, 0.5) is 0 Å². The van der Waals surface area contributed by atoms with Crippen LogP contribution in [0.5, 0.6) is 0 Å². The topological polar surface area (TPSA) is 75.7 Å². The predicted octanol–water partition coefficient (Wildman–Crippen LogP) is 0.881. The van der Waals surface area contributed by atoms with Crippen LogP contribution in [0.2, 0.25) is 0 Å². The number of aromatic nitrogens is 4. The van der Waals surface area contributed by atoms with E-state index in [2.05, 4.69) is 10.2 Å². The average molecular weight is 356 g/mol. The minimum absolute atomic E-state index is 0.0866. The van der Waals surface area contributed by atoms with Crippen molar-refractivity contribution >= 4 is 22.6 Å². The summed E-state index contributed by atoms with van der Waals surface area (Å²) in [5.41, 5.74) is 0.672. The molecule has 0 aliphatic rings. The maximum atomic E-state index is 12.5. The van der Waals surface area contributed by atoms with Crippen molar-refractivity contribution in [3.05, 3.63) is 40.4 Å². The van der Waals surface area contributed by atoms with Crippen LogP contribution in [0.15, 0.2) is 29.1 Å². The van der Waals surface area contributed by atoms with Crippen molar-refractivity contribution in [1.82, 2.24) is 29.0 Å². The Bertz CT molecular complexity index is 1000. The molecule has 3 aromatic rings. The predicted molar refractivity (Wildman–Crippen MR) is 100.0 cm³/mol. The molecule has 8 heteroatoms.